The Morgan fingerprint density at radius 3 is 2.17 bits per heavy atom. The largest absolute Gasteiger partial charge is 0.465 e. The second kappa shape index (κ2) is 10.1. The van der Waals surface area contributed by atoms with Gasteiger partial charge in [-0.25, -0.2) is 9.59 Å². The maximum absolute atomic E-state index is 13.2. The Hall–Kier alpha value is -3.40. The third kappa shape index (κ3) is 4.88. The highest BCUT2D eigenvalue weighted by molar-refractivity contribution is 7.99. The van der Waals surface area contributed by atoms with Crippen molar-refractivity contribution in [3.8, 4) is 5.69 Å². The molecular weight excluding hydrogens is 468 g/mol. The topological polar surface area (TPSA) is 105 Å². The maximum Gasteiger partial charge on any atom is 0.337 e. The second-order valence-electron chi connectivity index (χ2n) is 8.44. The van der Waals surface area contributed by atoms with Crippen LogP contribution in [0.1, 0.15) is 74.0 Å². The number of thioether (sulfide) groups is 1. The molecule has 2 heterocycles. The number of hydrogen-bond acceptors (Lipinski definition) is 8. The number of aryl methyl sites for hydroxylation is 1. The van der Waals surface area contributed by atoms with E-state index in [1.165, 1.54) is 32.0 Å². The zero-order valence-electron chi connectivity index (χ0n) is 20.5. The van der Waals surface area contributed by atoms with E-state index < -0.39 is 11.9 Å². The minimum atomic E-state index is -0.572. The summed E-state index contributed by atoms with van der Waals surface area (Å²) in [6.45, 7) is 6.53. The third-order valence-electron chi connectivity index (χ3n) is 6.09. The van der Waals surface area contributed by atoms with Crippen LogP contribution in [0.4, 0.5) is 0 Å². The number of esters is 2. The van der Waals surface area contributed by atoms with E-state index in [2.05, 4.69) is 21.7 Å². The molecule has 35 heavy (non-hydrogen) atoms. The van der Waals surface area contributed by atoms with Gasteiger partial charge in [0.05, 0.1) is 31.1 Å². The number of carbonyl (C=O) groups excluding carboxylic acids is 3. The predicted molar refractivity (Wildman–Crippen MR) is 131 cm³/mol. The average molecular weight is 497 g/mol. The summed E-state index contributed by atoms with van der Waals surface area (Å²) < 4.78 is 13.6. The average Bonchev–Trinajstić information content (AvgIpc) is 3.56. The molecule has 4 rings (SSSR count). The molecule has 1 aliphatic rings. The summed E-state index contributed by atoms with van der Waals surface area (Å²) in [7, 11) is 2.56. The van der Waals surface area contributed by atoms with Gasteiger partial charge in [0.25, 0.3) is 0 Å². The molecule has 0 aliphatic heterocycles. The summed E-state index contributed by atoms with van der Waals surface area (Å²) in [5.41, 5.74) is 3.07. The van der Waals surface area contributed by atoms with E-state index in [0.717, 1.165) is 36.1 Å². The van der Waals surface area contributed by atoms with E-state index in [-0.39, 0.29) is 22.7 Å². The van der Waals surface area contributed by atoms with Gasteiger partial charge >= 0.3 is 11.9 Å². The minimum absolute atomic E-state index is 0.0368. The minimum Gasteiger partial charge on any atom is -0.465 e. The fraction of sp³-hybridized carbons (Fsp3) is 0.400. The quantitative estimate of drug-likeness (QED) is 0.247. The Kier molecular flexibility index (Phi) is 7.11. The fourth-order valence-electron chi connectivity index (χ4n) is 4.21. The van der Waals surface area contributed by atoms with Gasteiger partial charge in [-0.2, -0.15) is 0 Å². The summed E-state index contributed by atoms with van der Waals surface area (Å²) in [6.07, 6.45) is 2.28. The molecule has 1 fully saturated rings. The number of rotatable bonds is 9. The van der Waals surface area contributed by atoms with Crippen LogP contribution < -0.4 is 0 Å². The number of hydrogen-bond donors (Lipinski definition) is 0. The van der Waals surface area contributed by atoms with Crippen molar-refractivity contribution >= 4 is 29.5 Å². The van der Waals surface area contributed by atoms with E-state index in [1.807, 2.05) is 24.5 Å². The van der Waals surface area contributed by atoms with Gasteiger partial charge in [-0.15, -0.1) is 10.2 Å². The van der Waals surface area contributed by atoms with Crippen LogP contribution in [-0.2, 0) is 16.0 Å². The van der Waals surface area contributed by atoms with Crippen molar-refractivity contribution in [3.63, 3.8) is 0 Å². The molecule has 1 aliphatic carbocycles. The van der Waals surface area contributed by atoms with Crippen LogP contribution in [-0.4, -0.2) is 57.0 Å². The highest BCUT2D eigenvalue weighted by Crippen LogP contribution is 2.40. The molecule has 1 aromatic carbocycles. The van der Waals surface area contributed by atoms with E-state index >= 15 is 0 Å². The summed E-state index contributed by atoms with van der Waals surface area (Å²) in [4.78, 5) is 37.6. The number of Topliss-reactive ketones (excluding diaryl/α,β-unsaturated/α-hetero) is 1. The van der Waals surface area contributed by atoms with Crippen LogP contribution in [0.25, 0.3) is 5.69 Å². The molecule has 0 radical (unpaired) electrons. The smallest absolute Gasteiger partial charge is 0.337 e. The number of ether oxygens (including phenoxy) is 2. The Morgan fingerprint density at radius 1 is 1.00 bits per heavy atom. The van der Waals surface area contributed by atoms with Crippen LogP contribution in [0, 0.1) is 13.8 Å². The summed E-state index contributed by atoms with van der Waals surface area (Å²) in [5.74, 6) is 0.540. The van der Waals surface area contributed by atoms with Crippen LogP contribution in [0.2, 0.25) is 0 Å². The lowest BCUT2D eigenvalue weighted by atomic mass is 10.1. The van der Waals surface area contributed by atoms with Crippen molar-refractivity contribution in [2.75, 3.05) is 20.0 Å². The number of ketones is 1. The van der Waals surface area contributed by atoms with Gasteiger partial charge in [0, 0.05) is 35.1 Å². The van der Waals surface area contributed by atoms with Gasteiger partial charge in [-0.3, -0.25) is 4.79 Å². The van der Waals surface area contributed by atoms with E-state index in [1.54, 1.807) is 12.1 Å². The molecule has 0 saturated heterocycles. The molecule has 0 unspecified atom stereocenters. The van der Waals surface area contributed by atoms with Gasteiger partial charge in [0.2, 0.25) is 0 Å². The zero-order chi connectivity index (χ0) is 25.3. The number of aromatic nitrogens is 4. The van der Waals surface area contributed by atoms with Crippen molar-refractivity contribution in [1.29, 1.82) is 0 Å². The fourth-order valence-corrected chi connectivity index (χ4v) is 5.10. The first-order chi connectivity index (χ1) is 16.8. The lowest BCUT2D eigenvalue weighted by Crippen LogP contribution is -2.10. The SMILES string of the molecule is CCn1c(SCC(=O)c2cc(C)n(-c3cc(C(=O)OC)cc(C(=O)OC)c3)c2C)nnc1C1CC1. The van der Waals surface area contributed by atoms with Gasteiger partial charge < -0.3 is 18.6 Å². The first-order valence-electron chi connectivity index (χ1n) is 11.4. The highest BCUT2D eigenvalue weighted by Gasteiger charge is 2.30. The lowest BCUT2D eigenvalue weighted by Gasteiger charge is -2.13. The first kappa shape index (κ1) is 24.7. The molecule has 0 atom stereocenters. The molecule has 9 nitrogen and oxygen atoms in total. The van der Waals surface area contributed by atoms with E-state index in [0.29, 0.717) is 22.9 Å². The molecule has 184 valence electrons. The van der Waals surface area contributed by atoms with E-state index in [4.69, 9.17) is 9.47 Å². The monoisotopic (exact) mass is 496 g/mol. The van der Waals surface area contributed by atoms with Crippen molar-refractivity contribution in [2.24, 2.45) is 0 Å². The van der Waals surface area contributed by atoms with Crippen LogP contribution in [0.3, 0.4) is 0 Å². The number of methoxy groups -OCH3 is 2. The predicted octanol–water partition coefficient (Wildman–Crippen LogP) is 4.13. The van der Waals surface area contributed by atoms with Crippen LogP contribution in [0.15, 0.2) is 29.4 Å². The molecule has 0 bridgehead atoms. The Bertz CT molecular complexity index is 1270. The van der Waals surface area contributed by atoms with Crippen molar-refractivity contribution in [1.82, 2.24) is 19.3 Å². The van der Waals surface area contributed by atoms with Crippen LogP contribution >= 0.6 is 11.8 Å². The van der Waals surface area contributed by atoms with Crippen molar-refractivity contribution in [3.05, 3.63) is 58.2 Å². The zero-order valence-corrected chi connectivity index (χ0v) is 21.3. The van der Waals surface area contributed by atoms with Gasteiger partial charge in [-0.05, 0) is 57.9 Å². The Morgan fingerprint density at radius 2 is 1.63 bits per heavy atom. The summed E-state index contributed by atoms with van der Waals surface area (Å²) in [5, 5.41) is 9.40. The van der Waals surface area contributed by atoms with Gasteiger partial charge in [0.15, 0.2) is 10.9 Å². The summed E-state index contributed by atoms with van der Waals surface area (Å²) >= 11 is 1.39. The Balaban J connectivity index is 1.62. The van der Waals surface area contributed by atoms with Gasteiger partial charge in [0.1, 0.15) is 5.82 Å². The third-order valence-corrected chi connectivity index (χ3v) is 7.05. The molecular formula is C25H28N4O5S. The summed E-state index contributed by atoms with van der Waals surface area (Å²) in [6, 6.07) is 6.51. The number of nitrogens with zero attached hydrogens (tertiary/aromatic N) is 4. The molecule has 0 amide bonds. The normalized spacial score (nSPS) is 13.1. The number of benzene rings is 1. The Labute approximate surface area is 207 Å². The first-order valence-corrected chi connectivity index (χ1v) is 12.4. The second-order valence-corrected chi connectivity index (χ2v) is 9.39. The molecule has 3 aromatic rings. The molecule has 0 N–H and O–H groups in total. The number of carbonyl (C=O) groups is 3. The van der Waals surface area contributed by atoms with Gasteiger partial charge in [-0.1, -0.05) is 11.8 Å². The molecule has 2 aromatic heterocycles. The molecule has 1 saturated carbocycles. The molecule has 10 heteroatoms. The maximum atomic E-state index is 13.2. The van der Waals surface area contributed by atoms with E-state index in [9.17, 15) is 14.4 Å². The van der Waals surface area contributed by atoms with Crippen molar-refractivity contribution in [2.45, 2.75) is 51.2 Å². The van der Waals surface area contributed by atoms with Crippen molar-refractivity contribution < 1.29 is 23.9 Å². The highest BCUT2D eigenvalue weighted by atomic mass is 32.2. The molecule has 0 spiro atoms. The standard InChI is InChI=1S/C25H28N4O5S/c1-6-28-22(16-7-8-16)26-27-25(28)35-13-21(30)20-9-14(2)29(15(20)3)19-11-17(23(31)33-4)10-18(12-19)24(32)34-5/h9-12,16H,6-8,13H2,1-5H3. The van der Waals surface area contributed by atoms with Crippen LogP contribution in [0.5, 0.6) is 0 Å². The lowest BCUT2D eigenvalue weighted by molar-refractivity contribution is 0.0599.